The Morgan fingerprint density at radius 2 is 1.74 bits per heavy atom. The van der Waals surface area contributed by atoms with E-state index in [9.17, 15) is 13.2 Å². The van der Waals surface area contributed by atoms with E-state index >= 15 is 0 Å². The topological polar surface area (TPSA) is 113 Å². The molecule has 0 aliphatic carbocycles. The number of amides is 1. The number of aromatic nitrogens is 1. The molecule has 0 bridgehead atoms. The smallest absolute Gasteiger partial charge is 0.264 e. The second-order valence-electron chi connectivity index (χ2n) is 8.71. The van der Waals surface area contributed by atoms with E-state index in [0.29, 0.717) is 29.3 Å². The van der Waals surface area contributed by atoms with E-state index in [4.69, 9.17) is 4.52 Å². The number of carbonyl (C=O) groups is 1. The average Bonchev–Trinajstić information content (AvgIpc) is 3.12. The molecule has 3 rings (SSSR count). The van der Waals surface area contributed by atoms with Crippen LogP contribution in [0.5, 0.6) is 0 Å². The van der Waals surface area contributed by atoms with Gasteiger partial charge in [-0.05, 0) is 50.4 Å². The summed E-state index contributed by atoms with van der Waals surface area (Å²) in [6.45, 7) is 8.04. The maximum atomic E-state index is 13.1. The van der Waals surface area contributed by atoms with Crippen LogP contribution in [0.1, 0.15) is 37.1 Å². The van der Waals surface area contributed by atoms with Gasteiger partial charge in [0, 0.05) is 17.7 Å². The van der Waals surface area contributed by atoms with Crippen molar-refractivity contribution in [2.75, 3.05) is 11.8 Å². The van der Waals surface area contributed by atoms with E-state index in [1.807, 2.05) is 24.3 Å². The van der Waals surface area contributed by atoms with Crippen LogP contribution in [-0.4, -0.2) is 32.6 Å². The maximum Gasteiger partial charge on any atom is 0.264 e. The SMILES string of the molecule is CN[C@@H](CC(C)C)C(=O)NCc1ccc(-c2ccccc2S(=O)(=O)Nc2onc(C)c2C)cc1. The molecule has 0 spiro atoms. The minimum absolute atomic E-state index is 0.0410. The van der Waals surface area contributed by atoms with Crippen molar-refractivity contribution in [3.63, 3.8) is 0 Å². The summed E-state index contributed by atoms with van der Waals surface area (Å²) in [5, 5.41) is 9.83. The molecule has 1 aromatic heterocycles. The highest BCUT2D eigenvalue weighted by atomic mass is 32.2. The molecule has 3 aromatic rings. The number of rotatable bonds is 10. The lowest BCUT2D eigenvalue weighted by Gasteiger charge is -2.18. The highest BCUT2D eigenvalue weighted by Crippen LogP contribution is 2.30. The van der Waals surface area contributed by atoms with Crippen molar-refractivity contribution in [1.82, 2.24) is 15.8 Å². The minimum atomic E-state index is -3.90. The van der Waals surface area contributed by atoms with Crippen molar-refractivity contribution < 1.29 is 17.7 Å². The second-order valence-corrected chi connectivity index (χ2v) is 10.4. The van der Waals surface area contributed by atoms with E-state index in [-0.39, 0.29) is 22.7 Å². The highest BCUT2D eigenvalue weighted by molar-refractivity contribution is 7.92. The Morgan fingerprint density at radius 3 is 2.32 bits per heavy atom. The standard InChI is InChI=1S/C25H32N4O4S/c1-16(2)14-22(26-5)24(30)27-15-19-10-12-20(13-11-19)21-8-6-7-9-23(21)34(31,32)29-25-17(3)18(4)28-33-25/h6-13,16,22,26,29H,14-15H2,1-5H3,(H,27,30)/t22-/m0/s1. The Bertz CT molecular complexity index is 1230. The number of carbonyl (C=O) groups excluding carboxylic acids is 1. The molecule has 1 atom stereocenters. The number of benzene rings is 2. The third-order valence-corrected chi connectivity index (χ3v) is 7.05. The van der Waals surface area contributed by atoms with Gasteiger partial charge in [-0.15, -0.1) is 0 Å². The van der Waals surface area contributed by atoms with E-state index < -0.39 is 10.0 Å². The van der Waals surface area contributed by atoms with Crippen LogP contribution in [0.4, 0.5) is 5.88 Å². The van der Waals surface area contributed by atoms with Crippen LogP contribution < -0.4 is 15.4 Å². The normalized spacial score (nSPS) is 12.5. The van der Waals surface area contributed by atoms with Gasteiger partial charge < -0.3 is 15.2 Å². The average molecular weight is 485 g/mol. The summed E-state index contributed by atoms with van der Waals surface area (Å²) in [4.78, 5) is 12.6. The summed E-state index contributed by atoms with van der Waals surface area (Å²) in [5.41, 5.74) is 3.49. The molecule has 1 heterocycles. The van der Waals surface area contributed by atoms with Crippen molar-refractivity contribution in [2.24, 2.45) is 5.92 Å². The second kappa shape index (κ2) is 10.8. The summed E-state index contributed by atoms with van der Waals surface area (Å²) in [7, 11) is -2.12. The van der Waals surface area contributed by atoms with E-state index in [2.05, 4.69) is 34.4 Å². The lowest BCUT2D eigenvalue weighted by Crippen LogP contribution is -2.43. The van der Waals surface area contributed by atoms with Crippen LogP contribution in [0.3, 0.4) is 0 Å². The fraction of sp³-hybridized carbons (Fsp3) is 0.360. The predicted molar refractivity (Wildman–Crippen MR) is 133 cm³/mol. The zero-order chi connectivity index (χ0) is 24.9. The molecule has 34 heavy (non-hydrogen) atoms. The number of aryl methyl sites for hydroxylation is 1. The largest absolute Gasteiger partial charge is 0.351 e. The van der Waals surface area contributed by atoms with Crippen molar-refractivity contribution in [3.05, 3.63) is 65.4 Å². The molecule has 0 aliphatic heterocycles. The number of hydrogen-bond acceptors (Lipinski definition) is 6. The first kappa shape index (κ1) is 25.5. The number of nitrogens with one attached hydrogen (secondary N) is 3. The fourth-order valence-corrected chi connectivity index (χ4v) is 4.85. The Morgan fingerprint density at radius 1 is 1.06 bits per heavy atom. The van der Waals surface area contributed by atoms with Crippen LogP contribution in [0.2, 0.25) is 0 Å². The molecule has 0 radical (unpaired) electrons. The van der Waals surface area contributed by atoms with Gasteiger partial charge in [-0.3, -0.25) is 4.79 Å². The molecule has 8 nitrogen and oxygen atoms in total. The Balaban J connectivity index is 1.76. The van der Waals surface area contributed by atoms with E-state index in [1.54, 1.807) is 45.2 Å². The quantitative estimate of drug-likeness (QED) is 0.401. The molecule has 182 valence electrons. The predicted octanol–water partition coefficient (Wildman–Crippen LogP) is 4.01. The molecule has 0 fully saturated rings. The Labute approximate surface area is 201 Å². The van der Waals surface area contributed by atoms with E-state index in [1.165, 1.54) is 0 Å². The molecule has 0 aliphatic rings. The third-order valence-electron chi connectivity index (χ3n) is 5.66. The van der Waals surface area contributed by atoms with Crippen LogP contribution in [0, 0.1) is 19.8 Å². The van der Waals surface area contributed by atoms with Gasteiger partial charge in [0.2, 0.25) is 11.8 Å². The zero-order valence-electron chi connectivity index (χ0n) is 20.2. The third kappa shape index (κ3) is 6.03. The fourth-order valence-electron chi connectivity index (χ4n) is 3.57. The summed E-state index contributed by atoms with van der Waals surface area (Å²) < 4.78 is 33.9. The van der Waals surface area contributed by atoms with Gasteiger partial charge in [0.05, 0.1) is 16.6 Å². The van der Waals surface area contributed by atoms with Crippen molar-refractivity contribution in [3.8, 4) is 11.1 Å². The molecule has 1 amide bonds. The molecule has 9 heteroatoms. The van der Waals surface area contributed by atoms with Gasteiger partial charge in [0.25, 0.3) is 10.0 Å². The molecule has 0 unspecified atom stereocenters. The van der Waals surface area contributed by atoms with Gasteiger partial charge in [-0.25, -0.2) is 13.1 Å². The van der Waals surface area contributed by atoms with Crippen LogP contribution in [-0.2, 0) is 21.4 Å². The van der Waals surface area contributed by atoms with Crippen LogP contribution in [0.15, 0.2) is 57.9 Å². The summed E-state index contributed by atoms with van der Waals surface area (Å²) >= 11 is 0. The molecular weight excluding hydrogens is 452 g/mol. The van der Waals surface area contributed by atoms with Crippen LogP contribution in [0.25, 0.3) is 11.1 Å². The van der Waals surface area contributed by atoms with Gasteiger partial charge in [0.15, 0.2) is 0 Å². The maximum absolute atomic E-state index is 13.1. The molecule has 0 saturated carbocycles. The van der Waals surface area contributed by atoms with Crippen molar-refractivity contribution >= 4 is 21.8 Å². The molecule has 2 aromatic carbocycles. The number of anilines is 1. The first-order valence-electron chi connectivity index (χ1n) is 11.2. The number of likely N-dealkylation sites (N-methyl/N-ethyl adjacent to an activating group) is 1. The van der Waals surface area contributed by atoms with Crippen LogP contribution >= 0.6 is 0 Å². The molecule has 0 saturated heterocycles. The van der Waals surface area contributed by atoms with E-state index in [0.717, 1.165) is 17.5 Å². The van der Waals surface area contributed by atoms with Gasteiger partial charge in [-0.1, -0.05) is 61.5 Å². The zero-order valence-corrected chi connectivity index (χ0v) is 21.0. The van der Waals surface area contributed by atoms with Crippen molar-refractivity contribution in [1.29, 1.82) is 0 Å². The van der Waals surface area contributed by atoms with Gasteiger partial charge in [-0.2, -0.15) is 0 Å². The number of nitrogens with zero attached hydrogens (tertiary/aromatic N) is 1. The Hall–Kier alpha value is -3.17. The molecule has 3 N–H and O–H groups in total. The first-order valence-corrected chi connectivity index (χ1v) is 12.7. The van der Waals surface area contributed by atoms with Crippen molar-refractivity contribution in [2.45, 2.75) is 51.6 Å². The lowest BCUT2D eigenvalue weighted by atomic mass is 10.0. The Kier molecular flexibility index (Phi) is 8.11. The number of hydrogen-bond donors (Lipinski definition) is 3. The first-order chi connectivity index (χ1) is 16.1. The summed E-state index contributed by atoms with van der Waals surface area (Å²) in [6.07, 6.45) is 0.758. The highest BCUT2D eigenvalue weighted by Gasteiger charge is 2.23. The monoisotopic (exact) mass is 484 g/mol. The minimum Gasteiger partial charge on any atom is -0.351 e. The summed E-state index contributed by atoms with van der Waals surface area (Å²) in [6, 6.07) is 14.0. The van der Waals surface area contributed by atoms with Gasteiger partial charge >= 0.3 is 0 Å². The number of sulfonamides is 1. The molecular formula is C25H32N4O4S. The summed E-state index contributed by atoms with van der Waals surface area (Å²) in [5.74, 6) is 0.474. The van der Waals surface area contributed by atoms with Gasteiger partial charge in [0.1, 0.15) is 0 Å². The lowest BCUT2D eigenvalue weighted by molar-refractivity contribution is -0.123.